The molecule has 1 aromatic rings. The predicted octanol–water partition coefficient (Wildman–Crippen LogP) is -0.313. The van der Waals surface area contributed by atoms with E-state index in [0.29, 0.717) is 0 Å². The zero-order valence-electron chi connectivity index (χ0n) is 9.73. The fourth-order valence-corrected chi connectivity index (χ4v) is 1.67. The number of halogens is 1. The molecule has 4 N–H and O–H groups in total. The van der Waals surface area contributed by atoms with Gasteiger partial charge in [-0.2, -0.15) is 0 Å². The summed E-state index contributed by atoms with van der Waals surface area (Å²) >= 11 is 0. The third-order valence-electron chi connectivity index (χ3n) is 2.03. The van der Waals surface area contributed by atoms with Gasteiger partial charge in [0.05, 0.1) is 11.9 Å². The molecule has 0 saturated carbocycles. The molecule has 0 heterocycles. The van der Waals surface area contributed by atoms with Crippen LogP contribution in [0.25, 0.3) is 0 Å². The molecule has 0 unspecified atom stereocenters. The van der Waals surface area contributed by atoms with Crippen LogP contribution in [-0.4, -0.2) is 33.7 Å². The molecule has 18 heavy (non-hydrogen) atoms. The Kier molecular flexibility index (Phi) is 4.62. The third kappa shape index (κ3) is 4.68. The van der Waals surface area contributed by atoms with Crippen molar-refractivity contribution >= 4 is 21.6 Å². The van der Waals surface area contributed by atoms with Crippen LogP contribution in [0, 0.1) is 5.82 Å². The highest BCUT2D eigenvalue weighted by molar-refractivity contribution is 7.88. The Hall–Kier alpha value is -1.67. The topological polar surface area (TPSA) is 101 Å². The first kappa shape index (κ1) is 14.4. The second kappa shape index (κ2) is 5.78. The monoisotopic (exact) mass is 275 g/mol. The van der Waals surface area contributed by atoms with Crippen molar-refractivity contribution < 1.29 is 17.6 Å². The number of sulfonamides is 1. The molecule has 8 heteroatoms. The van der Waals surface area contributed by atoms with E-state index in [2.05, 4.69) is 10.0 Å². The Labute approximate surface area is 104 Å². The van der Waals surface area contributed by atoms with E-state index in [9.17, 15) is 17.6 Å². The molecular weight excluding hydrogens is 261 g/mol. The highest BCUT2D eigenvalue weighted by Gasteiger charge is 2.07. The van der Waals surface area contributed by atoms with Gasteiger partial charge in [-0.05, 0) is 18.2 Å². The van der Waals surface area contributed by atoms with E-state index in [1.807, 2.05) is 0 Å². The molecule has 0 aliphatic carbocycles. The zero-order chi connectivity index (χ0) is 13.8. The lowest BCUT2D eigenvalue weighted by molar-refractivity contribution is 0.0954. The Morgan fingerprint density at radius 1 is 1.39 bits per heavy atom. The maximum absolute atomic E-state index is 12.9. The number of nitrogen functional groups attached to an aromatic ring is 1. The van der Waals surface area contributed by atoms with Crippen molar-refractivity contribution in [2.75, 3.05) is 25.1 Å². The molecule has 0 aliphatic heterocycles. The first-order valence-corrected chi connectivity index (χ1v) is 6.96. The van der Waals surface area contributed by atoms with Crippen molar-refractivity contribution in [2.45, 2.75) is 0 Å². The van der Waals surface area contributed by atoms with Crippen LogP contribution in [0.4, 0.5) is 10.1 Å². The lowest BCUT2D eigenvalue weighted by Crippen LogP contribution is -2.34. The summed E-state index contributed by atoms with van der Waals surface area (Å²) in [5.74, 6) is -1.04. The van der Waals surface area contributed by atoms with Crippen LogP contribution in [0.5, 0.6) is 0 Å². The Morgan fingerprint density at radius 3 is 2.61 bits per heavy atom. The predicted molar refractivity (Wildman–Crippen MR) is 66.0 cm³/mol. The molecule has 0 saturated heterocycles. The van der Waals surface area contributed by atoms with Crippen LogP contribution in [0.15, 0.2) is 18.2 Å². The molecule has 0 bridgehead atoms. The van der Waals surface area contributed by atoms with E-state index in [1.54, 1.807) is 0 Å². The summed E-state index contributed by atoms with van der Waals surface area (Å²) in [5, 5.41) is 2.47. The number of carbonyl (C=O) groups is 1. The highest BCUT2D eigenvalue weighted by Crippen LogP contribution is 2.11. The highest BCUT2D eigenvalue weighted by atomic mass is 32.2. The average molecular weight is 275 g/mol. The smallest absolute Gasteiger partial charge is 0.251 e. The van der Waals surface area contributed by atoms with Gasteiger partial charge in [0.15, 0.2) is 0 Å². The van der Waals surface area contributed by atoms with Gasteiger partial charge < -0.3 is 11.1 Å². The molecule has 0 atom stereocenters. The molecule has 0 radical (unpaired) electrons. The van der Waals surface area contributed by atoms with Crippen LogP contribution >= 0.6 is 0 Å². The van der Waals surface area contributed by atoms with Crippen molar-refractivity contribution in [1.82, 2.24) is 10.0 Å². The summed E-state index contributed by atoms with van der Waals surface area (Å²) in [4.78, 5) is 11.6. The number of anilines is 1. The number of amides is 1. The normalized spacial score (nSPS) is 11.2. The van der Waals surface area contributed by atoms with Crippen LogP contribution in [0.3, 0.4) is 0 Å². The number of nitrogens with one attached hydrogen (secondary N) is 2. The summed E-state index contributed by atoms with van der Waals surface area (Å²) in [6, 6.07) is 3.61. The fourth-order valence-electron chi connectivity index (χ4n) is 1.20. The van der Waals surface area contributed by atoms with Gasteiger partial charge in [0.2, 0.25) is 10.0 Å². The van der Waals surface area contributed by atoms with Gasteiger partial charge >= 0.3 is 0 Å². The molecule has 1 amide bonds. The Morgan fingerprint density at radius 2 is 2.06 bits per heavy atom. The first-order valence-electron chi connectivity index (χ1n) is 5.07. The van der Waals surface area contributed by atoms with Gasteiger partial charge in [-0.1, -0.05) is 0 Å². The first-order chi connectivity index (χ1) is 8.29. The molecule has 0 spiro atoms. The van der Waals surface area contributed by atoms with Crippen molar-refractivity contribution in [3.63, 3.8) is 0 Å². The molecule has 1 rings (SSSR count). The number of hydrogen-bond donors (Lipinski definition) is 3. The number of nitrogens with two attached hydrogens (primary N) is 1. The minimum atomic E-state index is -3.27. The van der Waals surface area contributed by atoms with Crippen molar-refractivity contribution in [3.05, 3.63) is 29.6 Å². The summed E-state index contributed by atoms with van der Waals surface area (Å²) in [7, 11) is -3.27. The second-order valence-corrected chi connectivity index (χ2v) is 5.49. The van der Waals surface area contributed by atoms with Gasteiger partial charge in [0.25, 0.3) is 5.91 Å². The third-order valence-corrected chi connectivity index (χ3v) is 2.76. The lowest BCUT2D eigenvalue weighted by atomic mass is 10.2. The maximum Gasteiger partial charge on any atom is 0.251 e. The van der Waals surface area contributed by atoms with Crippen LogP contribution in [0.2, 0.25) is 0 Å². The molecule has 0 aliphatic rings. The van der Waals surface area contributed by atoms with Crippen molar-refractivity contribution in [1.29, 1.82) is 0 Å². The second-order valence-electron chi connectivity index (χ2n) is 3.66. The minimum Gasteiger partial charge on any atom is -0.396 e. The van der Waals surface area contributed by atoms with Gasteiger partial charge in [-0.3, -0.25) is 4.79 Å². The minimum absolute atomic E-state index is 0.0846. The van der Waals surface area contributed by atoms with Gasteiger partial charge in [0, 0.05) is 18.7 Å². The van der Waals surface area contributed by atoms with E-state index < -0.39 is 21.7 Å². The molecular formula is C10H14FN3O3S. The van der Waals surface area contributed by atoms with Crippen LogP contribution < -0.4 is 15.8 Å². The maximum atomic E-state index is 12.9. The number of rotatable bonds is 5. The van der Waals surface area contributed by atoms with E-state index in [1.165, 1.54) is 12.1 Å². The Balaban J connectivity index is 2.48. The fraction of sp³-hybridized carbons (Fsp3) is 0.300. The summed E-state index contributed by atoms with van der Waals surface area (Å²) < 4.78 is 36.6. The summed E-state index contributed by atoms with van der Waals surface area (Å²) in [6.07, 6.45) is 1.02. The lowest BCUT2D eigenvalue weighted by Gasteiger charge is -2.06. The van der Waals surface area contributed by atoms with E-state index >= 15 is 0 Å². The van der Waals surface area contributed by atoms with Crippen LogP contribution in [-0.2, 0) is 10.0 Å². The molecule has 1 aromatic carbocycles. The number of benzene rings is 1. The number of carbonyl (C=O) groups excluding carboxylic acids is 1. The van der Waals surface area contributed by atoms with E-state index in [0.717, 1.165) is 12.3 Å². The van der Waals surface area contributed by atoms with E-state index in [-0.39, 0.29) is 24.3 Å². The molecule has 0 aromatic heterocycles. The summed E-state index contributed by atoms with van der Waals surface area (Å²) in [6.45, 7) is 0.213. The van der Waals surface area contributed by atoms with E-state index in [4.69, 9.17) is 5.73 Å². The zero-order valence-corrected chi connectivity index (χ0v) is 10.6. The van der Waals surface area contributed by atoms with Crippen molar-refractivity contribution in [3.8, 4) is 0 Å². The number of hydrogen-bond acceptors (Lipinski definition) is 4. The average Bonchev–Trinajstić information content (AvgIpc) is 2.26. The largest absolute Gasteiger partial charge is 0.396 e. The van der Waals surface area contributed by atoms with Crippen LogP contribution in [0.1, 0.15) is 10.4 Å². The summed E-state index contributed by atoms with van der Waals surface area (Å²) in [5.41, 5.74) is 5.43. The van der Waals surface area contributed by atoms with Gasteiger partial charge in [0.1, 0.15) is 5.82 Å². The quantitative estimate of drug-likeness (QED) is 0.506. The molecule has 6 nitrogen and oxygen atoms in total. The molecule has 0 fully saturated rings. The van der Waals surface area contributed by atoms with Gasteiger partial charge in [-0.15, -0.1) is 0 Å². The Bertz CT molecular complexity index is 545. The SMILES string of the molecule is CS(=O)(=O)NCCNC(=O)c1ccc(F)c(N)c1. The standard InChI is InChI=1S/C10H14FN3O3S/c1-18(16,17)14-5-4-13-10(15)7-2-3-8(11)9(12)6-7/h2-3,6,14H,4-5,12H2,1H3,(H,13,15). The molecule has 100 valence electrons. The van der Waals surface area contributed by atoms with Crippen molar-refractivity contribution in [2.24, 2.45) is 0 Å². The van der Waals surface area contributed by atoms with Gasteiger partial charge in [-0.25, -0.2) is 17.5 Å².